The molecule has 0 aliphatic carbocycles. The van der Waals surface area contributed by atoms with Crippen molar-refractivity contribution in [3.05, 3.63) is 27.2 Å². The van der Waals surface area contributed by atoms with Gasteiger partial charge >= 0.3 is 0 Å². The Hall–Kier alpha value is -0.0600. The molecule has 0 unspecified atom stereocenters. The first-order chi connectivity index (χ1) is 6.07. The molecular weight excluding hydrogens is 323 g/mol. The SMILES string of the molecule is O=C(CBr)c1ccc(O)c(Br)c1Cl. The lowest BCUT2D eigenvalue weighted by Gasteiger charge is -2.04. The number of benzene rings is 1. The smallest absolute Gasteiger partial charge is 0.174 e. The van der Waals surface area contributed by atoms with Crippen molar-refractivity contribution in [2.75, 3.05) is 5.33 Å². The number of phenolic OH excluding ortho intramolecular Hbond substituents is 1. The van der Waals surface area contributed by atoms with Crippen molar-refractivity contribution in [1.82, 2.24) is 0 Å². The number of alkyl halides is 1. The molecule has 0 amide bonds. The van der Waals surface area contributed by atoms with Gasteiger partial charge in [0, 0.05) is 5.56 Å². The Kier molecular flexibility index (Phi) is 3.76. The zero-order valence-corrected chi connectivity index (χ0v) is 10.3. The molecule has 1 aromatic rings. The van der Waals surface area contributed by atoms with Gasteiger partial charge in [-0.3, -0.25) is 4.79 Å². The van der Waals surface area contributed by atoms with E-state index in [1.54, 1.807) is 0 Å². The number of halogens is 3. The summed E-state index contributed by atoms with van der Waals surface area (Å²) in [6, 6.07) is 2.91. The van der Waals surface area contributed by atoms with Crippen LogP contribution >= 0.6 is 43.5 Å². The normalized spacial score (nSPS) is 10.1. The number of aromatic hydroxyl groups is 1. The second-order valence-corrected chi connectivity index (χ2v) is 4.05. The minimum atomic E-state index is -0.120. The second kappa shape index (κ2) is 4.44. The molecule has 5 heteroatoms. The molecule has 0 saturated carbocycles. The van der Waals surface area contributed by atoms with Gasteiger partial charge in [-0.15, -0.1) is 0 Å². The molecule has 0 heterocycles. The summed E-state index contributed by atoms with van der Waals surface area (Å²) in [4.78, 5) is 11.3. The molecule has 0 aliphatic rings. The van der Waals surface area contributed by atoms with Crippen LogP contribution in [0.25, 0.3) is 0 Å². The summed E-state index contributed by atoms with van der Waals surface area (Å²) in [5, 5.41) is 9.68. The zero-order valence-electron chi connectivity index (χ0n) is 6.35. The number of carbonyl (C=O) groups is 1. The number of rotatable bonds is 2. The third kappa shape index (κ3) is 2.24. The summed E-state index contributed by atoms with van der Waals surface area (Å²) in [6.45, 7) is 0. The molecule has 1 N–H and O–H groups in total. The highest BCUT2D eigenvalue weighted by molar-refractivity contribution is 9.10. The van der Waals surface area contributed by atoms with Crippen molar-refractivity contribution in [3.63, 3.8) is 0 Å². The van der Waals surface area contributed by atoms with Gasteiger partial charge in [-0.05, 0) is 28.1 Å². The van der Waals surface area contributed by atoms with E-state index in [-0.39, 0.29) is 21.9 Å². The molecule has 0 aliphatic heterocycles. The average Bonchev–Trinajstić information content (AvgIpc) is 2.13. The van der Waals surface area contributed by atoms with Crippen molar-refractivity contribution in [1.29, 1.82) is 0 Å². The molecule has 0 atom stereocenters. The van der Waals surface area contributed by atoms with Crippen LogP contribution < -0.4 is 0 Å². The number of phenols is 1. The number of ketones is 1. The molecule has 2 nitrogen and oxygen atoms in total. The minimum Gasteiger partial charge on any atom is -0.507 e. The monoisotopic (exact) mass is 326 g/mol. The zero-order chi connectivity index (χ0) is 10.0. The maximum Gasteiger partial charge on any atom is 0.174 e. The Morgan fingerprint density at radius 1 is 1.54 bits per heavy atom. The summed E-state index contributed by atoms with van der Waals surface area (Å²) >= 11 is 11.9. The van der Waals surface area contributed by atoms with Gasteiger partial charge in [0.2, 0.25) is 0 Å². The van der Waals surface area contributed by atoms with Gasteiger partial charge in [0.05, 0.1) is 14.8 Å². The van der Waals surface area contributed by atoms with Gasteiger partial charge in [0.15, 0.2) is 5.78 Å². The minimum absolute atomic E-state index is 0.0242. The van der Waals surface area contributed by atoms with E-state index in [9.17, 15) is 9.90 Å². The molecular formula is C8H5Br2ClO2. The van der Waals surface area contributed by atoms with Gasteiger partial charge in [-0.1, -0.05) is 27.5 Å². The third-order valence-corrected chi connectivity index (χ3v) is 3.42. The van der Waals surface area contributed by atoms with Crippen LogP contribution in [0.2, 0.25) is 5.02 Å². The van der Waals surface area contributed by atoms with Crippen LogP contribution in [-0.4, -0.2) is 16.2 Å². The molecule has 0 bridgehead atoms. The molecule has 1 aromatic carbocycles. The molecule has 70 valence electrons. The summed E-state index contributed by atoms with van der Waals surface area (Å²) in [6.07, 6.45) is 0. The van der Waals surface area contributed by atoms with Crippen LogP contribution in [0.15, 0.2) is 16.6 Å². The summed E-state index contributed by atoms with van der Waals surface area (Å²) in [5.41, 5.74) is 0.392. The molecule has 0 aromatic heterocycles. The molecule has 0 spiro atoms. The Labute approximate surface area is 97.2 Å². The quantitative estimate of drug-likeness (QED) is 0.667. The first-order valence-corrected chi connectivity index (χ1v) is 5.63. The number of carbonyl (C=O) groups excluding carboxylic acids is 1. The Morgan fingerprint density at radius 3 is 2.69 bits per heavy atom. The van der Waals surface area contributed by atoms with Crippen molar-refractivity contribution in [3.8, 4) is 5.75 Å². The molecule has 0 fully saturated rings. The van der Waals surface area contributed by atoms with Gasteiger partial charge in [-0.25, -0.2) is 0 Å². The third-order valence-electron chi connectivity index (χ3n) is 1.48. The standard InChI is InChI=1S/C8H5Br2ClO2/c9-3-6(13)4-1-2-5(12)7(10)8(4)11/h1-2,12H,3H2. The van der Waals surface area contributed by atoms with Crippen LogP contribution in [0, 0.1) is 0 Å². The highest BCUT2D eigenvalue weighted by Crippen LogP contribution is 2.34. The lowest BCUT2D eigenvalue weighted by Crippen LogP contribution is -2.00. The topological polar surface area (TPSA) is 37.3 Å². The molecule has 13 heavy (non-hydrogen) atoms. The fourth-order valence-electron chi connectivity index (χ4n) is 0.827. The molecule has 0 saturated heterocycles. The van der Waals surface area contributed by atoms with Gasteiger partial charge in [0.25, 0.3) is 0 Å². The largest absolute Gasteiger partial charge is 0.507 e. The van der Waals surface area contributed by atoms with E-state index in [0.29, 0.717) is 10.0 Å². The van der Waals surface area contributed by atoms with E-state index in [1.165, 1.54) is 12.1 Å². The van der Waals surface area contributed by atoms with Crippen molar-refractivity contribution in [2.45, 2.75) is 0 Å². The predicted octanol–water partition coefficient (Wildman–Crippen LogP) is 3.39. The van der Waals surface area contributed by atoms with E-state index >= 15 is 0 Å². The lowest BCUT2D eigenvalue weighted by atomic mass is 10.1. The summed E-state index contributed by atoms with van der Waals surface area (Å²) < 4.78 is 0.348. The fraction of sp³-hybridized carbons (Fsp3) is 0.125. The van der Waals surface area contributed by atoms with Crippen molar-refractivity contribution >= 4 is 49.2 Å². The number of hydrogen-bond donors (Lipinski definition) is 1. The van der Waals surface area contributed by atoms with Crippen LogP contribution in [0.5, 0.6) is 5.75 Å². The Bertz CT molecular complexity index is 352. The Balaban J connectivity index is 3.26. The van der Waals surface area contributed by atoms with Crippen LogP contribution in [0.1, 0.15) is 10.4 Å². The van der Waals surface area contributed by atoms with Crippen molar-refractivity contribution < 1.29 is 9.90 Å². The predicted molar refractivity (Wildman–Crippen MR) is 58.9 cm³/mol. The number of hydrogen-bond acceptors (Lipinski definition) is 2. The fourth-order valence-corrected chi connectivity index (χ4v) is 1.74. The van der Waals surface area contributed by atoms with Gasteiger partial charge in [0.1, 0.15) is 5.75 Å². The lowest BCUT2D eigenvalue weighted by molar-refractivity contribution is 0.102. The van der Waals surface area contributed by atoms with Crippen molar-refractivity contribution in [2.24, 2.45) is 0 Å². The second-order valence-electron chi connectivity index (χ2n) is 2.32. The Morgan fingerprint density at radius 2 is 2.15 bits per heavy atom. The number of Topliss-reactive ketones (excluding diaryl/α,β-unsaturated/α-hetero) is 1. The van der Waals surface area contributed by atoms with Crippen LogP contribution in [0.3, 0.4) is 0 Å². The van der Waals surface area contributed by atoms with E-state index in [2.05, 4.69) is 31.9 Å². The highest BCUT2D eigenvalue weighted by atomic mass is 79.9. The first-order valence-electron chi connectivity index (χ1n) is 3.34. The summed E-state index contributed by atoms with van der Waals surface area (Å²) in [7, 11) is 0. The highest BCUT2D eigenvalue weighted by Gasteiger charge is 2.13. The summed E-state index contributed by atoms with van der Waals surface area (Å²) in [5.74, 6) is -0.0955. The first kappa shape index (κ1) is 11.0. The molecule has 0 radical (unpaired) electrons. The van der Waals surface area contributed by atoms with Gasteiger partial charge < -0.3 is 5.11 Å². The van der Waals surface area contributed by atoms with Crippen LogP contribution in [0.4, 0.5) is 0 Å². The van der Waals surface area contributed by atoms with E-state index in [4.69, 9.17) is 11.6 Å². The van der Waals surface area contributed by atoms with E-state index in [1.807, 2.05) is 0 Å². The maximum absolute atomic E-state index is 11.3. The average molecular weight is 328 g/mol. The molecule has 1 rings (SSSR count). The van der Waals surface area contributed by atoms with Gasteiger partial charge in [-0.2, -0.15) is 0 Å². The van der Waals surface area contributed by atoms with E-state index < -0.39 is 0 Å². The van der Waals surface area contributed by atoms with Crippen LogP contribution in [-0.2, 0) is 0 Å². The maximum atomic E-state index is 11.3. The van der Waals surface area contributed by atoms with E-state index in [0.717, 1.165) is 0 Å².